The van der Waals surface area contributed by atoms with Crippen LogP contribution in [0.4, 0.5) is 5.82 Å². The highest BCUT2D eigenvalue weighted by molar-refractivity contribution is 5.31. The summed E-state index contributed by atoms with van der Waals surface area (Å²) in [7, 11) is 0. The van der Waals surface area contributed by atoms with Gasteiger partial charge >= 0.3 is 0 Å². The zero-order chi connectivity index (χ0) is 8.10. The van der Waals surface area contributed by atoms with E-state index in [0.29, 0.717) is 5.82 Å². The Morgan fingerprint density at radius 2 is 2.36 bits per heavy atom. The van der Waals surface area contributed by atoms with Crippen LogP contribution in [0.25, 0.3) is 0 Å². The number of anilines is 1. The highest BCUT2D eigenvalue weighted by Crippen LogP contribution is 2.04. The molecule has 0 spiro atoms. The molecule has 0 unspecified atom stereocenters. The van der Waals surface area contributed by atoms with Gasteiger partial charge in [-0.3, -0.25) is 0 Å². The Bertz CT molecular complexity index is 225. The van der Waals surface area contributed by atoms with Crippen LogP contribution in [-0.2, 0) is 6.42 Å². The van der Waals surface area contributed by atoms with E-state index in [-0.39, 0.29) is 6.61 Å². The van der Waals surface area contributed by atoms with E-state index in [1.54, 1.807) is 6.20 Å². The average molecular weight is 152 g/mol. The van der Waals surface area contributed by atoms with E-state index in [1.165, 1.54) is 0 Å². The predicted molar refractivity (Wildman–Crippen MR) is 44.1 cm³/mol. The van der Waals surface area contributed by atoms with Crippen molar-refractivity contribution in [3.63, 3.8) is 0 Å². The molecule has 1 heterocycles. The lowest BCUT2D eigenvalue weighted by Gasteiger charge is -1.98. The molecule has 0 bridgehead atoms. The summed E-state index contributed by atoms with van der Waals surface area (Å²) in [6, 6.07) is 3.74. The van der Waals surface area contributed by atoms with E-state index in [0.717, 1.165) is 18.4 Å². The first kappa shape index (κ1) is 8.01. The number of aliphatic hydroxyl groups excluding tert-OH is 1. The molecule has 3 heteroatoms. The largest absolute Gasteiger partial charge is 0.396 e. The molecule has 0 aliphatic carbocycles. The fraction of sp³-hybridized carbons (Fsp3) is 0.375. The average Bonchev–Trinajstić information content (AvgIpc) is 2.01. The second kappa shape index (κ2) is 3.93. The van der Waals surface area contributed by atoms with Crippen molar-refractivity contribution in [1.82, 2.24) is 4.98 Å². The van der Waals surface area contributed by atoms with Crippen molar-refractivity contribution in [3.05, 3.63) is 23.9 Å². The van der Waals surface area contributed by atoms with Gasteiger partial charge in [0, 0.05) is 12.8 Å². The molecule has 0 aromatic carbocycles. The number of nitrogens with two attached hydrogens (primary N) is 1. The Morgan fingerprint density at radius 3 is 3.00 bits per heavy atom. The molecule has 11 heavy (non-hydrogen) atoms. The third kappa shape index (κ3) is 2.55. The maximum Gasteiger partial charge on any atom is 0.123 e. The van der Waals surface area contributed by atoms with Crippen LogP contribution in [0.1, 0.15) is 12.0 Å². The number of hydrogen-bond acceptors (Lipinski definition) is 3. The van der Waals surface area contributed by atoms with Crippen LogP contribution in [0.15, 0.2) is 18.3 Å². The fourth-order valence-corrected chi connectivity index (χ4v) is 0.933. The fourth-order valence-electron chi connectivity index (χ4n) is 0.933. The molecule has 3 N–H and O–H groups in total. The second-order valence-corrected chi connectivity index (χ2v) is 2.42. The molecule has 0 fully saturated rings. The van der Waals surface area contributed by atoms with Gasteiger partial charge in [0.15, 0.2) is 0 Å². The van der Waals surface area contributed by atoms with Gasteiger partial charge in [-0.2, -0.15) is 0 Å². The summed E-state index contributed by atoms with van der Waals surface area (Å²) in [6.45, 7) is 0.224. The molecule has 1 rings (SSSR count). The van der Waals surface area contributed by atoms with Crippen LogP contribution in [0, 0.1) is 0 Å². The molecule has 60 valence electrons. The monoisotopic (exact) mass is 152 g/mol. The van der Waals surface area contributed by atoms with Crippen LogP contribution in [-0.4, -0.2) is 16.7 Å². The Balaban J connectivity index is 2.56. The van der Waals surface area contributed by atoms with Crippen LogP contribution in [0.5, 0.6) is 0 Å². The molecular formula is C8H12N2O. The minimum Gasteiger partial charge on any atom is -0.396 e. The van der Waals surface area contributed by atoms with E-state index in [2.05, 4.69) is 4.98 Å². The normalized spacial score (nSPS) is 9.91. The molecule has 0 aliphatic heterocycles. The summed E-state index contributed by atoms with van der Waals surface area (Å²) in [5.74, 6) is 0.542. The summed E-state index contributed by atoms with van der Waals surface area (Å²) < 4.78 is 0. The molecule has 1 aromatic rings. The molecule has 0 atom stereocenters. The van der Waals surface area contributed by atoms with Gasteiger partial charge in [0.25, 0.3) is 0 Å². The summed E-state index contributed by atoms with van der Waals surface area (Å²) in [5, 5.41) is 8.55. The summed E-state index contributed by atoms with van der Waals surface area (Å²) in [4.78, 5) is 3.86. The Kier molecular flexibility index (Phi) is 2.86. The highest BCUT2D eigenvalue weighted by atomic mass is 16.2. The summed E-state index contributed by atoms with van der Waals surface area (Å²) in [6.07, 6.45) is 3.33. The van der Waals surface area contributed by atoms with E-state index in [1.807, 2.05) is 12.1 Å². The second-order valence-electron chi connectivity index (χ2n) is 2.42. The minimum atomic E-state index is 0.224. The first-order valence-electron chi connectivity index (χ1n) is 3.64. The number of nitrogen functional groups attached to an aromatic ring is 1. The number of hydrogen-bond donors (Lipinski definition) is 2. The lowest BCUT2D eigenvalue weighted by molar-refractivity contribution is 0.288. The van der Waals surface area contributed by atoms with E-state index < -0.39 is 0 Å². The summed E-state index contributed by atoms with van der Waals surface area (Å²) in [5.41, 5.74) is 6.59. The molecule has 0 radical (unpaired) electrons. The topological polar surface area (TPSA) is 59.1 Å². The van der Waals surface area contributed by atoms with Gasteiger partial charge in [0.1, 0.15) is 5.82 Å². The number of aliphatic hydroxyl groups is 1. The van der Waals surface area contributed by atoms with Crippen molar-refractivity contribution in [2.75, 3.05) is 12.3 Å². The quantitative estimate of drug-likeness (QED) is 0.666. The molecule has 1 aromatic heterocycles. The molecule has 0 amide bonds. The molecule has 0 saturated heterocycles. The molecule has 0 saturated carbocycles. The zero-order valence-corrected chi connectivity index (χ0v) is 6.33. The Hall–Kier alpha value is -1.09. The van der Waals surface area contributed by atoms with Crippen LogP contribution < -0.4 is 5.73 Å². The van der Waals surface area contributed by atoms with E-state index in [9.17, 15) is 0 Å². The third-order valence-corrected chi connectivity index (χ3v) is 1.47. The van der Waals surface area contributed by atoms with Crippen molar-refractivity contribution < 1.29 is 5.11 Å². The molecule has 3 nitrogen and oxygen atoms in total. The zero-order valence-electron chi connectivity index (χ0n) is 6.33. The highest BCUT2D eigenvalue weighted by Gasteiger charge is 1.92. The van der Waals surface area contributed by atoms with Crippen LogP contribution >= 0.6 is 0 Å². The first-order chi connectivity index (χ1) is 5.33. The number of nitrogens with zero attached hydrogens (tertiary/aromatic N) is 1. The number of pyridine rings is 1. The van der Waals surface area contributed by atoms with Crippen LogP contribution in [0.3, 0.4) is 0 Å². The van der Waals surface area contributed by atoms with Crippen molar-refractivity contribution in [1.29, 1.82) is 0 Å². The van der Waals surface area contributed by atoms with Gasteiger partial charge < -0.3 is 10.8 Å². The number of aryl methyl sites for hydroxylation is 1. The van der Waals surface area contributed by atoms with Gasteiger partial charge in [0.05, 0.1) is 0 Å². The van der Waals surface area contributed by atoms with Gasteiger partial charge in [-0.25, -0.2) is 4.98 Å². The summed E-state index contributed by atoms with van der Waals surface area (Å²) >= 11 is 0. The maximum absolute atomic E-state index is 8.55. The van der Waals surface area contributed by atoms with E-state index in [4.69, 9.17) is 10.8 Å². The van der Waals surface area contributed by atoms with Crippen molar-refractivity contribution >= 4 is 5.82 Å². The number of rotatable bonds is 3. The molecular weight excluding hydrogens is 140 g/mol. The number of aromatic nitrogens is 1. The van der Waals surface area contributed by atoms with Gasteiger partial charge in [0.2, 0.25) is 0 Å². The lowest BCUT2D eigenvalue weighted by atomic mass is 10.1. The van der Waals surface area contributed by atoms with Gasteiger partial charge in [-0.05, 0) is 30.5 Å². The third-order valence-electron chi connectivity index (χ3n) is 1.47. The Morgan fingerprint density at radius 1 is 1.55 bits per heavy atom. The minimum absolute atomic E-state index is 0.224. The molecule has 0 aliphatic rings. The smallest absolute Gasteiger partial charge is 0.123 e. The van der Waals surface area contributed by atoms with Crippen LogP contribution in [0.2, 0.25) is 0 Å². The lowest BCUT2D eigenvalue weighted by Crippen LogP contribution is -1.93. The Labute approximate surface area is 65.9 Å². The van der Waals surface area contributed by atoms with Gasteiger partial charge in [-0.15, -0.1) is 0 Å². The van der Waals surface area contributed by atoms with Crippen molar-refractivity contribution in [3.8, 4) is 0 Å². The predicted octanol–water partition coefficient (Wildman–Crippen LogP) is 0.589. The van der Waals surface area contributed by atoms with Crippen molar-refractivity contribution in [2.24, 2.45) is 0 Å². The van der Waals surface area contributed by atoms with Gasteiger partial charge in [-0.1, -0.05) is 0 Å². The van der Waals surface area contributed by atoms with Crippen molar-refractivity contribution in [2.45, 2.75) is 12.8 Å². The maximum atomic E-state index is 8.55. The standard InChI is InChI=1S/C8H12N2O/c9-8-6-7(2-1-5-11)3-4-10-8/h3-4,6,11H,1-2,5H2,(H2,9,10). The SMILES string of the molecule is Nc1cc(CCCO)ccn1. The van der Waals surface area contributed by atoms with E-state index >= 15 is 0 Å². The first-order valence-corrected chi connectivity index (χ1v) is 3.64.